The van der Waals surface area contributed by atoms with Gasteiger partial charge in [-0.25, -0.2) is 9.37 Å². The molecule has 0 aliphatic heterocycles. The second-order valence-corrected chi connectivity index (χ2v) is 7.69. The molecule has 0 aliphatic rings. The summed E-state index contributed by atoms with van der Waals surface area (Å²) in [5.74, 6) is -0.702. The smallest absolute Gasteiger partial charge is 0.345 e. The van der Waals surface area contributed by atoms with Gasteiger partial charge in [0.25, 0.3) is 0 Å². The summed E-state index contributed by atoms with van der Waals surface area (Å²) in [6, 6.07) is 5.25. The number of hydrogen-bond acceptors (Lipinski definition) is 6. The Labute approximate surface area is 200 Å². The number of pyridine rings is 1. The molecule has 4 rings (SSSR count). The maximum absolute atomic E-state index is 14.5. The Hall–Kier alpha value is -3.58. The average Bonchev–Trinajstić information content (AvgIpc) is 3.50. The van der Waals surface area contributed by atoms with Gasteiger partial charge in [0, 0.05) is 29.2 Å². The minimum atomic E-state index is -2.97. The average molecular weight is 514 g/mol. The minimum Gasteiger partial charge on any atom is -0.398 e. The van der Waals surface area contributed by atoms with E-state index in [-0.39, 0.29) is 40.7 Å². The molecule has 0 radical (unpaired) electrons. The van der Waals surface area contributed by atoms with Crippen molar-refractivity contribution in [1.82, 2.24) is 29.5 Å². The number of anilines is 1. The van der Waals surface area contributed by atoms with Crippen LogP contribution in [0.4, 0.5) is 27.6 Å². The fourth-order valence-electron chi connectivity index (χ4n) is 3.54. The Balaban J connectivity index is 1.67. The van der Waals surface area contributed by atoms with Gasteiger partial charge >= 0.3 is 13.2 Å². The highest BCUT2D eigenvalue weighted by atomic mass is 35.5. The first-order valence-corrected chi connectivity index (χ1v) is 10.5. The van der Waals surface area contributed by atoms with Crippen molar-refractivity contribution >= 4 is 17.3 Å². The third-order valence-electron chi connectivity index (χ3n) is 5.16. The molecule has 14 heteroatoms. The number of benzene rings is 1. The van der Waals surface area contributed by atoms with Crippen LogP contribution in [0.3, 0.4) is 0 Å². The second kappa shape index (κ2) is 10.4. The maximum atomic E-state index is 14.5. The van der Waals surface area contributed by atoms with Crippen LogP contribution >= 0.6 is 11.6 Å². The highest BCUT2D eigenvalue weighted by Gasteiger charge is 2.21. The highest BCUT2D eigenvalue weighted by Crippen LogP contribution is 2.34. The topological polar surface area (TPSA) is 96.7 Å². The molecule has 4 aromatic rings. The molecule has 3 heterocycles. The highest BCUT2D eigenvalue weighted by molar-refractivity contribution is 6.31. The third kappa shape index (κ3) is 5.25. The summed E-state index contributed by atoms with van der Waals surface area (Å²) in [5, 5.41) is 6.70. The van der Waals surface area contributed by atoms with Crippen LogP contribution in [0.1, 0.15) is 24.7 Å². The molecule has 1 unspecified atom stereocenters. The molecular formula is C21H17ClF5N7O. The summed E-state index contributed by atoms with van der Waals surface area (Å²) in [4.78, 5) is 8.47. The molecule has 1 atom stereocenters. The van der Waals surface area contributed by atoms with Gasteiger partial charge in [0.15, 0.2) is 5.82 Å². The van der Waals surface area contributed by atoms with Crippen LogP contribution in [-0.4, -0.2) is 42.7 Å². The Morgan fingerprint density at radius 2 is 1.86 bits per heavy atom. The van der Waals surface area contributed by atoms with Crippen molar-refractivity contribution in [3.05, 3.63) is 65.7 Å². The molecule has 0 spiro atoms. The van der Waals surface area contributed by atoms with Crippen LogP contribution in [0.5, 0.6) is 0 Å². The Morgan fingerprint density at radius 1 is 1.06 bits per heavy atom. The predicted molar refractivity (Wildman–Crippen MR) is 116 cm³/mol. The number of hydrogen-bond donors (Lipinski definition) is 1. The number of ether oxygens (including phenoxy) is 1. The molecule has 3 aromatic heterocycles. The van der Waals surface area contributed by atoms with E-state index in [0.29, 0.717) is 15.9 Å². The maximum Gasteiger partial charge on any atom is 0.345 e. The number of halogens is 6. The van der Waals surface area contributed by atoms with Crippen LogP contribution < -0.4 is 5.73 Å². The van der Waals surface area contributed by atoms with Crippen molar-refractivity contribution in [3.8, 4) is 22.5 Å². The van der Waals surface area contributed by atoms with Gasteiger partial charge < -0.3 is 15.0 Å². The van der Waals surface area contributed by atoms with E-state index in [2.05, 4.69) is 25.0 Å². The van der Waals surface area contributed by atoms with Gasteiger partial charge in [0.2, 0.25) is 0 Å². The largest absolute Gasteiger partial charge is 0.398 e. The molecular weight excluding hydrogens is 497 g/mol. The van der Waals surface area contributed by atoms with Crippen molar-refractivity contribution in [2.45, 2.75) is 25.6 Å². The lowest BCUT2D eigenvalue weighted by atomic mass is 10.0. The predicted octanol–water partition coefficient (Wildman–Crippen LogP) is 5.19. The number of alkyl halides is 4. The van der Waals surface area contributed by atoms with Gasteiger partial charge in [-0.15, -0.1) is 5.10 Å². The van der Waals surface area contributed by atoms with Crippen molar-refractivity contribution in [2.24, 2.45) is 0 Å². The van der Waals surface area contributed by atoms with E-state index in [1.807, 2.05) is 0 Å². The third-order valence-corrected chi connectivity index (χ3v) is 5.45. The SMILES string of the molecule is Nc1ccc(Cl)c(F)c1-c1ccc(C(CCOC(F)F)n2cnc(-c3cnnn3C(F)F)c2)nc1. The van der Waals surface area contributed by atoms with Crippen molar-refractivity contribution in [3.63, 3.8) is 0 Å². The first-order valence-electron chi connectivity index (χ1n) is 10.1. The summed E-state index contributed by atoms with van der Waals surface area (Å²) >= 11 is 5.86. The van der Waals surface area contributed by atoms with Crippen molar-refractivity contribution in [2.75, 3.05) is 12.3 Å². The number of nitrogens with zero attached hydrogens (tertiary/aromatic N) is 6. The van der Waals surface area contributed by atoms with Crippen molar-refractivity contribution < 1.29 is 26.7 Å². The molecule has 35 heavy (non-hydrogen) atoms. The summed E-state index contributed by atoms with van der Waals surface area (Å²) in [6.45, 7) is -6.22. The quantitative estimate of drug-likeness (QED) is 0.244. The zero-order chi connectivity index (χ0) is 25.1. The first kappa shape index (κ1) is 24.5. The van der Waals surface area contributed by atoms with Crippen LogP contribution in [0.2, 0.25) is 5.02 Å². The molecule has 0 bridgehead atoms. The van der Waals surface area contributed by atoms with Crippen LogP contribution in [0, 0.1) is 5.82 Å². The van der Waals surface area contributed by atoms with E-state index < -0.39 is 25.0 Å². The Bertz CT molecular complexity index is 1300. The second-order valence-electron chi connectivity index (χ2n) is 7.28. The lowest BCUT2D eigenvalue weighted by Crippen LogP contribution is -2.14. The molecule has 1 aromatic carbocycles. The molecule has 0 aliphatic carbocycles. The first-order chi connectivity index (χ1) is 16.8. The molecule has 0 saturated heterocycles. The van der Waals surface area contributed by atoms with E-state index in [4.69, 9.17) is 17.3 Å². The summed E-state index contributed by atoms with van der Waals surface area (Å²) in [6.07, 6.45) is 5.33. The molecule has 0 saturated carbocycles. The lowest BCUT2D eigenvalue weighted by molar-refractivity contribution is -0.130. The molecule has 8 nitrogen and oxygen atoms in total. The van der Waals surface area contributed by atoms with Gasteiger partial charge in [-0.2, -0.15) is 22.2 Å². The van der Waals surface area contributed by atoms with Gasteiger partial charge in [0.1, 0.15) is 11.4 Å². The number of nitrogen functional groups attached to an aromatic ring is 1. The van der Waals surface area contributed by atoms with Gasteiger partial charge in [-0.05, 0) is 24.6 Å². The van der Waals surface area contributed by atoms with Gasteiger partial charge in [0.05, 0.1) is 35.9 Å². The van der Waals surface area contributed by atoms with E-state index >= 15 is 0 Å². The summed E-state index contributed by atoms with van der Waals surface area (Å²) in [7, 11) is 0. The molecule has 0 fully saturated rings. The Kier molecular flexibility index (Phi) is 7.26. The summed E-state index contributed by atoms with van der Waals surface area (Å²) in [5.41, 5.74) is 6.99. The molecule has 184 valence electrons. The Morgan fingerprint density at radius 3 is 2.54 bits per heavy atom. The fraction of sp³-hybridized carbons (Fsp3) is 0.238. The monoisotopic (exact) mass is 513 g/mol. The molecule has 2 N–H and O–H groups in total. The fourth-order valence-corrected chi connectivity index (χ4v) is 3.70. The van der Waals surface area contributed by atoms with Crippen LogP contribution in [-0.2, 0) is 4.74 Å². The summed E-state index contributed by atoms with van der Waals surface area (Å²) < 4.78 is 72.3. The van der Waals surface area contributed by atoms with E-state index in [0.717, 1.165) is 6.20 Å². The van der Waals surface area contributed by atoms with Crippen molar-refractivity contribution in [1.29, 1.82) is 0 Å². The number of rotatable bonds is 9. The van der Waals surface area contributed by atoms with Gasteiger partial charge in [-0.1, -0.05) is 22.9 Å². The zero-order valence-electron chi connectivity index (χ0n) is 17.7. The normalized spacial score (nSPS) is 12.6. The van der Waals surface area contributed by atoms with Gasteiger partial charge in [-0.3, -0.25) is 4.98 Å². The van der Waals surface area contributed by atoms with E-state index in [9.17, 15) is 22.0 Å². The standard InChI is InChI=1S/C21H17ClF5N7O/c22-12-2-3-13(28)18(19(12)23)11-1-4-14(29-7-11)16(5-6-35-21(26)27)33-9-15(30-10-33)17-8-31-32-34(17)20(24)25/h1-4,7-10,16,20-21H,5-6,28H2. The van der Waals surface area contributed by atoms with E-state index in [1.165, 1.54) is 35.4 Å². The van der Waals surface area contributed by atoms with Crippen LogP contribution in [0.15, 0.2) is 49.2 Å². The molecule has 0 amide bonds. The number of imidazole rings is 1. The number of aromatic nitrogens is 6. The van der Waals surface area contributed by atoms with Crippen LogP contribution in [0.25, 0.3) is 22.5 Å². The minimum absolute atomic E-state index is 0.0310. The zero-order valence-corrected chi connectivity index (χ0v) is 18.5. The van der Waals surface area contributed by atoms with E-state index in [1.54, 1.807) is 12.1 Å². The lowest BCUT2D eigenvalue weighted by Gasteiger charge is -2.19. The number of nitrogens with two attached hydrogens (primary N) is 1.